The number of amides is 1. The van der Waals surface area contributed by atoms with E-state index in [1.54, 1.807) is 7.05 Å². The van der Waals surface area contributed by atoms with Gasteiger partial charge in [0, 0.05) is 7.05 Å². The quantitative estimate of drug-likeness (QED) is 0.873. The zero-order chi connectivity index (χ0) is 14.2. The third-order valence-electron chi connectivity index (χ3n) is 3.57. The number of carbonyl (C=O) groups is 2. The van der Waals surface area contributed by atoms with Crippen molar-refractivity contribution in [3.8, 4) is 0 Å². The maximum atomic E-state index is 11.8. The summed E-state index contributed by atoms with van der Waals surface area (Å²) in [5, 5.41) is 9.29. The van der Waals surface area contributed by atoms with Crippen molar-refractivity contribution in [1.82, 2.24) is 4.90 Å². The molecule has 2 atom stereocenters. The molecule has 1 aliphatic rings. The van der Waals surface area contributed by atoms with Crippen molar-refractivity contribution in [3.63, 3.8) is 0 Å². The van der Waals surface area contributed by atoms with Crippen molar-refractivity contribution in [2.75, 3.05) is 13.7 Å². The van der Waals surface area contributed by atoms with Crippen LogP contribution in [0.15, 0.2) is 18.2 Å². The fourth-order valence-corrected chi connectivity index (χ4v) is 2.56. The molecular weight excluding hydrogens is 246 g/mol. The van der Waals surface area contributed by atoms with Gasteiger partial charge in [0.15, 0.2) is 6.10 Å². The van der Waals surface area contributed by atoms with Gasteiger partial charge in [0.1, 0.15) is 6.61 Å². The second-order valence-electron chi connectivity index (χ2n) is 4.82. The smallest absolute Gasteiger partial charge is 0.335 e. The number of likely N-dealkylation sites (N-methyl/N-ethyl adjacent to an activating group) is 1. The highest BCUT2D eigenvalue weighted by molar-refractivity contribution is 5.83. The highest BCUT2D eigenvalue weighted by Gasteiger charge is 2.41. The maximum Gasteiger partial charge on any atom is 0.335 e. The van der Waals surface area contributed by atoms with Gasteiger partial charge in [0.25, 0.3) is 0 Å². The third-order valence-corrected chi connectivity index (χ3v) is 3.57. The highest BCUT2D eigenvalue weighted by atomic mass is 16.5. The number of rotatable bonds is 2. The Hall–Kier alpha value is -1.88. The minimum absolute atomic E-state index is 0.186. The average Bonchev–Trinajstić information content (AvgIpc) is 2.33. The van der Waals surface area contributed by atoms with Crippen LogP contribution in [0.5, 0.6) is 0 Å². The Kier molecular flexibility index (Phi) is 3.57. The number of benzene rings is 1. The minimum atomic E-state index is -1.05. The lowest BCUT2D eigenvalue weighted by Crippen LogP contribution is -2.50. The third kappa shape index (κ3) is 2.33. The zero-order valence-corrected chi connectivity index (χ0v) is 11.2. The number of ether oxygens (including phenoxy) is 1. The van der Waals surface area contributed by atoms with Crippen LogP contribution in [0.4, 0.5) is 0 Å². The number of hydrogen-bond acceptors (Lipinski definition) is 3. The van der Waals surface area contributed by atoms with Crippen molar-refractivity contribution in [2.45, 2.75) is 26.0 Å². The number of carboxylic acid groups (broad SMARTS) is 1. The lowest BCUT2D eigenvalue weighted by molar-refractivity contribution is -0.171. The van der Waals surface area contributed by atoms with Gasteiger partial charge in [-0.1, -0.05) is 18.2 Å². The molecule has 0 bridgehead atoms. The molecule has 19 heavy (non-hydrogen) atoms. The fourth-order valence-electron chi connectivity index (χ4n) is 2.56. The van der Waals surface area contributed by atoms with Crippen LogP contribution in [0.3, 0.4) is 0 Å². The first-order chi connectivity index (χ1) is 8.93. The molecular formula is C14H17NO4. The SMILES string of the molecule is Cc1cccc(C)c1C1C(C(=O)O)OCC(=O)N1C. The molecule has 1 N–H and O–H groups in total. The van der Waals surface area contributed by atoms with Crippen LogP contribution < -0.4 is 0 Å². The number of aryl methyl sites for hydroxylation is 2. The molecule has 5 nitrogen and oxygen atoms in total. The molecule has 1 saturated heterocycles. The summed E-state index contributed by atoms with van der Waals surface area (Å²) < 4.78 is 5.21. The summed E-state index contributed by atoms with van der Waals surface area (Å²) >= 11 is 0. The Morgan fingerprint density at radius 1 is 1.37 bits per heavy atom. The summed E-state index contributed by atoms with van der Waals surface area (Å²) in [7, 11) is 1.62. The monoisotopic (exact) mass is 263 g/mol. The van der Waals surface area contributed by atoms with Gasteiger partial charge < -0.3 is 14.7 Å². The van der Waals surface area contributed by atoms with Crippen molar-refractivity contribution in [1.29, 1.82) is 0 Å². The minimum Gasteiger partial charge on any atom is -0.479 e. The number of carboxylic acids is 1. The average molecular weight is 263 g/mol. The normalized spacial score (nSPS) is 23.5. The van der Waals surface area contributed by atoms with E-state index in [-0.39, 0.29) is 12.5 Å². The molecule has 1 fully saturated rings. The zero-order valence-electron chi connectivity index (χ0n) is 11.2. The number of morpholine rings is 1. The molecule has 1 amide bonds. The van der Waals surface area contributed by atoms with Crippen LogP contribution in [0.2, 0.25) is 0 Å². The molecule has 102 valence electrons. The number of carbonyl (C=O) groups excluding carboxylic acids is 1. The lowest BCUT2D eigenvalue weighted by atomic mass is 9.90. The second-order valence-corrected chi connectivity index (χ2v) is 4.82. The van der Waals surface area contributed by atoms with E-state index in [1.165, 1.54) is 4.90 Å². The Morgan fingerprint density at radius 3 is 2.47 bits per heavy atom. The van der Waals surface area contributed by atoms with Gasteiger partial charge in [-0.05, 0) is 30.5 Å². The van der Waals surface area contributed by atoms with Crippen LogP contribution in [-0.2, 0) is 14.3 Å². The largest absolute Gasteiger partial charge is 0.479 e. The van der Waals surface area contributed by atoms with E-state index in [1.807, 2.05) is 32.0 Å². The van der Waals surface area contributed by atoms with Gasteiger partial charge in [-0.25, -0.2) is 4.79 Å². The predicted octanol–water partition coefficient (Wildman–Crippen LogP) is 1.29. The van der Waals surface area contributed by atoms with E-state index >= 15 is 0 Å². The highest BCUT2D eigenvalue weighted by Crippen LogP contribution is 2.33. The van der Waals surface area contributed by atoms with Crippen molar-refractivity contribution >= 4 is 11.9 Å². The fraction of sp³-hybridized carbons (Fsp3) is 0.429. The topological polar surface area (TPSA) is 66.8 Å². The van der Waals surface area contributed by atoms with Crippen LogP contribution in [-0.4, -0.2) is 41.6 Å². The molecule has 0 aliphatic carbocycles. The van der Waals surface area contributed by atoms with Gasteiger partial charge in [-0.2, -0.15) is 0 Å². The maximum absolute atomic E-state index is 11.8. The van der Waals surface area contributed by atoms with Gasteiger partial charge in [0.05, 0.1) is 6.04 Å². The first kappa shape index (κ1) is 13.5. The Bertz CT molecular complexity index is 506. The standard InChI is InChI=1S/C14H17NO4/c1-8-5-4-6-9(2)11(8)12-13(14(17)18)19-7-10(16)15(12)3/h4-6,12-13H,7H2,1-3H3,(H,17,18). The van der Waals surface area contributed by atoms with E-state index < -0.39 is 18.1 Å². The first-order valence-corrected chi connectivity index (χ1v) is 6.09. The van der Waals surface area contributed by atoms with Gasteiger partial charge in [-0.3, -0.25) is 4.79 Å². The number of nitrogens with zero attached hydrogens (tertiary/aromatic N) is 1. The molecule has 2 rings (SSSR count). The number of aliphatic carboxylic acids is 1. The van der Waals surface area contributed by atoms with E-state index in [2.05, 4.69) is 0 Å². The molecule has 5 heteroatoms. The molecule has 0 aromatic heterocycles. The summed E-state index contributed by atoms with van der Waals surface area (Å²) in [5.74, 6) is -1.25. The number of hydrogen-bond donors (Lipinski definition) is 1. The summed E-state index contributed by atoms with van der Waals surface area (Å²) in [6, 6.07) is 5.15. The van der Waals surface area contributed by atoms with Crippen molar-refractivity contribution in [2.24, 2.45) is 0 Å². The van der Waals surface area contributed by atoms with Crippen LogP contribution >= 0.6 is 0 Å². The summed E-state index contributed by atoms with van der Waals surface area (Å²) in [5.41, 5.74) is 2.77. The Balaban J connectivity index is 2.53. The van der Waals surface area contributed by atoms with Crippen LogP contribution in [0, 0.1) is 13.8 Å². The molecule has 2 unspecified atom stereocenters. The van der Waals surface area contributed by atoms with E-state index in [4.69, 9.17) is 4.74 Å². The van der Waals surface area contributed by atoms with Crippen LogP contribution in [0.1, 0.15) is 22.7 Å². The van der Waals surface area contributed by atoms with E-state index in [0.717, 1.165) is 16.7 Å². The molecule has 0 spiro atoms. The molecule has 0 radical (unpaired) electrons. The molecule has 1 aromatic rings. The molecule has 1 aromatic carbocycles. The molecule has 1 heterocycles. The van der Waals surface area contributed by atoms with Gasteiger partial charge in [-0.15, -0.1) is 0 Å². The van der Waals surface area contributed by atoms with Crippen molar-refractivity contribution in [3.05, 3.63) is 34.9 Å². The summed E-state index contributed by atoms with van der Waals surface area (Å²) in [6.07, 6.45) is -1.03. The van der Waals surface area contributed by atoms with Crippen molar-refractivity contribution < 1.29 is 19.4 Å². The van der Waals surface area contributed by atoms with E-state index in [0.29, 0.717) is 0 Å². The Labute approximate surface area is 111 Å². The first-order valence-electron chi connectivity index (χ1n) is 6.09. The predicted molar refractivity (Wildman–Crippen MR) is 68.8 cm³/mol. The van der Waals surface area contributed by atoms with Crippen LogP contribution in [0.25, 0.3) is 0 Å². The molecule has 0 saturated carbocycles. The second kappa shape index (κ2) is 5.01. The summed E-state index contributed by atoms with van der Waals surface area (Å²) in [6.45, 7) is 3.64. The Morgan fingerprint density at radius 2 is 1.95 bits per heavy atom. The van der Waals surface area contributed by atoms with E-state index in [9.17, 15) is 14.7 Å². The van der Waals surface area contributed by atoms with Gasteiger partial charge in [0.2, 0.25) is 5.91 Å². The summed E-state index contributed by atoms with van der Waals surface area (Å²) in [4.78, 5) is 24.6. The lowest BCUT2D eigenvalue weighted by Gasteiger charge is -2.38. The molecule has 1 aliphatic heterocycles. The van der Waals surface area contributed by atoms with Gasteiger partial charge >= 0.3 is 5.97 Å².